The molecule has 0 unspecified atom stereocenters. The van der Waals surface area contributed by atoms with Crippen molar-refractivity contribution >= 4 is 27.7 Å². The van der Waals surface area contributed by atoms with Gasteiger partial charge in [0.05, 0.1) is 13.2 Å². The molecule has 0 aromatic carbocycles. The van der Waals surface area contributed by atoms with Crippen LogP contribution in [0.5, 0.6) is 0 Å². The van der Waals surface area contributed by atoms with Gasteiger partial charge in [0.1, 0.15) is 11.4 Å². The van der Waals surface area contributed by atoms with E-state index in [2.05, 4.69) is 31.1 Å². The van der Waals surface area contributed by atoms with Crippen LogP contribution >= 0.6 is 15.9 Å². The maximum atomic E-state index is 11.1. The molecule has 0 aliphatic carbocycles. The van der Waals surface area contributed by atoms with Crippen LogP contribution in [0.1, 0.15) is 10.4 Å². The minimum atomic E-state index is -0.984. The summed E-state index contributed by atoms with van der Waals surface area (Å²) < 4.78 is 5.93. The van der Waals surface area contributed by atoms with E-state index >= 15 is 0 Å². The van der Waals surface area contributed by atoms with E-state index in [1.54, 1.807) is 12.3 Å². The maximum absolute atomic E-state index is 11.1. The number of ether oxygens (including phenoxy) is 1. The van der Waals surface area contributed by atoms with Crippen molar-refractivity contribution in [3.8, 4) is 0 Å². The molecule has 0 atom stereocenters. The number of carbonyl (C=O) groups is 1. The van der Waals surface area contributed by atoms with Gasteiger partial charge in [-0.15, -0.1) is 0 Å². The number of aromatic nitrogens is 1. The number of morpholine rings is 1. The molecule has 0 spiro atoms. The van der Waals surface area contributed by atoms with Gasteiger partial charge in [0.25, 0.3) is 0 Å². The highest BCUT2D eigenvalue weighted by Crippen LogP contribution is 2.17. The van der Waals surface area contributed by atoms with Crippen molar-refractivity contribution in [1.82, 2.24) is 9.88 Å². The summed E-state index contributed by atoms with van der Waals surface area (Å²) in [6.07, 6.45) is 1.59. The van der Waals surface area contributed by atoms with Gasteiger partial charge < -0.3 is 15.2 Å². The molecule has 1 aromatic heterocycles. The highest BCUT2D eigenvalue weighted by molar-refractivity contribution is 9.10. The summed E-state index contributed by atoms with van der Waals surface area (Å²) in [5, 5.41) is 12.2. The van der Waals surface area contributed by atoms with Crippen LogP contribution in [-0.4, -0.2) is 60.4 Å². The fraction of sp³-hybridized carbons (Fsp3) is 0.500. The minimum absolute atomic E-state index is 0.177. The standard InChI is InChI=1S/C12H16BrN3O3/c13-9-7-10(12(17)18)11(15-8-9)14-1-2-16-3-5-19-6-4-16/h7-8H,1-6H2,(H,14,15)(H,17,18). The summed E-state index contributed by atoms with van der Waals surface area (Å²) in [4.78, 5) is 17.5. The molecule has 2 N–H and O–H groups in total. The van der Waals surface area contributed by atoms with Crippen LogP contribution in [0.4, 0.5) is 5.82 Å². The molecular formula is C12H16BrN3O3. The van der Waals surface area contributed by atoms with Gasteiger partial charge >= 0.3 is 5.97 Å². The van der Waals surface area contributed by atoms with Crippen molar-refractivity contribution in [3.63, 3.8) is 0 Å². The maximum Gasteiger partial charge on any atom is 0.339 e. The van der Waals surface area contributed by atoms with E-state index in [1.165, 1.54) is 0 Å². The van der Waals surface area contributed by atoms with Gasteiger partial charge in [0, 0.05) is 36.8 Å². The van der Waals surface area contributed by atoms with Gasteiger partial charge in [-0.05, 0) is 22.0 Å². The Bertz CT molecular complexity index is 450. The number of hydrogen-bond acceptors (Lipinski definition) is 5. The number of halogens is 1. The molecule has 7 heteroatoms. The molecule has 1 fully saturated rings. The molecule has 104 valence electrons. The summed E-state index contributed by atoms with van der Waals surface area (Å²) in [7, 11) is 0. The highest BCUT2D eigenvalue weighted by Gasteiger charge is 2.13. The molecule has 19 heavy (non-hydrogen) atoms. The third-order valence-electron chi connectivity index (χ3n) is 2.91. The first kappa shape index (κ1) is 14.2. The predicted molar refractivity (Wildman–Crippen MR) is 74.6 cm³/mol. The molecule has 0 saturated carbocycles. The van der Waals surface area contributed by atoms with E-state index in [1.807, 2.05) is 0 Å². The van der Waals surface area contributed by atoms with Gasteiger partial charge in [-0.2, -0.15) is 0 Å². The Morgan fingerprint density at radius 1 is 1.53 bits per heavy atom. The molecular weight excluding hydrogens is 314 g/mol. The average Bonchev–Trinajstić information content (AvgIpc) is 2.41. The van der Waals surface area contributed by atoms with Crippen molar-refractivity contribution in [2.75, 3.05) is 44.7 Å². The van der Waals surface area contributed by atoms with Crippen molar-refractivity contribution in [2.45, 2.75) is 0 Å². The summed E-state index contributed by atoms with van der Waals surface area (Å²) in [5.41, 5.74) is 0.177. The van der Waals surface area contributed by atoms with Crippen molar-refractivity contribution < 1.29 is 14.6 Å². The van der Waals surface area contributed by atoms with Crippen molar-refractivity contribution in [2.24, 2.45) is 0 Å². The number of aromatic carboxylic acids is 1. The minimum Gasteiger partial charge on any atom is -0.478 e. The Morgan fingerprint density at radius 3 is 2.95 bits per heavy atom. The highest BCUT2D eigenvalue weighted by atomic mass is 79.9. The SMILES string of the molecule is O=C(O)c1cc(Br)cnc1NCCN1CCOCC1. The third-order valence-corrected chi connectivity index (χ3v) is 3.34. The zero-order valence-corrected chi connectivity index (χ0v) is 12.0. The summed E-state index contributed by atoms with van der Waals surface area (Å²) >= 11 is 3.22. The number of hydrogen-bond donors (Lipinski definition) is 2. The van der Waals surface area contributed by atoms with Crippen LogP contribution in [0, 0.1) is 0 Å². The molecule has 1 aliphatic rings. The zero-order valence-electron chi connectivity index (χ0n) is 10.4. The second kappa shape index (κ2) is 6.83. The third kappa shape index (κ3) is 4.15. The van der Waals surface area contributed by atoms with Crippen LogP contribution in [0.25, 0.3) is 0 Å². The van der Waals surface area contributed by atoms with Crippen LogP contribution in [0.15, 0.2) is 16.7 Å². The van der Waals surface area contributed by atoms with E-state index in [0.29, 0.717) is 16.8 Å². The zero-order chi connectivity index (χ0) is 13.7. The molecule has 1 saturated heterocycles. The Labute approximate surface area is 119 Å². The predicted octanol–water partition coefficient (Wildman–Crippen LogP) is 1.29. The van der Waals surface area contributed by atoms with E-state index in [9.17, 15) is 4.79 Å². The first-order valence-electron chi connectivity index (χ1n) is 6.09. The lowest BCUT2D eigenvalue weighted by Crippen LogP contribution is -2.39. The average molecular weight is 330 g/mol. The van der Waals surface area contributed by atoms with Gasteiger partial charge in [-0.1, -0.05) is 0 Å². The molecule has 6 nitrogen and oxygen atoms in total. The monoisotopic (exact) mass is 329 g/mol. The lowest BCUT2D eigenvalue weighted by molar-refractivity contribution is 0.0398. The van der Waals surface area contributed by atoms with Gasteiger partial charge in [0.2, 0.25) is 0 Å². The smallest absolute Gasteiger partial charge is 0.339 e. The number of nitrogens with zero attached hydrogens (tertiary/aromatic N) is 2. The van der Waals surface area contributed by atoms with Gasteiger partial charge in [-0.3, -0.25) is 4.90 Å². The quantitative estimate of drug-likeness (QED) is 0.847. The number of carboxylic acid groups (broad SMARTS) is 1. The summed E-state index contributed by atoms with van der Waals surface area (Å²) in [6.45, 7) is 4.87. The van der Waals surface area contributed by atoms with E-state index in [-0.39, 0.29) is 5.56 Å². The first-order valence-corrected chi connectivity index (χ1v) is 6.89. The largest absolute Gasteiger partial charge is 0.478 e. The molecule has 0 bridgehead atoms. The number of nitrogens with one attached hydrogen (secondary N) is 1. The Hall–Kier alpha value is -1.18. The second-order valence-corrected chi connectivity index (χ2v) is 5.15. The molecule has 1 aliphatic heterocycles. The lowest BCUT2D eigenvalue weighted by Gasteiger charge is -2.26. The number of pyridine rings is 1. The fourth-order valence-corrected chi connectivity index (χ4v) is 2.23. The number of carboxylic acids is 1. The van der Waals surface area contributed by atoms with Crippen LogP contribution in [-0.2, 0) is 4.74 Å². The van der Waals surface area contributed by atoms with E-state index in [4.69, 9.17) is 9.84 Å². The molecule has 0 amide bonds. The van der Waals surface area contributed by atoms with E-state index < -0.39 is 5.97 Å². The first-order chi connectivity index (χ1) is 9.16. The fourth-order valence-electron chi connectivity index (χ4n) is 1.90. The molecule has 1 aromatic rings. The molecule has 2 rings (SSSR count). The lowest BCUT2D eigenvalue weighted by atomic mass is 10.2. The summed E-state index contributed by atoms with van der Waals surface area (Å²) in [5.74, 6) is -0.577. The number of rotatable bonds is 5. The van der Waals surface area contributed by atoms with Crippen molar-refractivity contribution in [1.29, 1.82) is 0 Å². The van der Waals surface area contributed by atoms with Crippen LogP contribution in [0.2, 0.25) is 0 Å². The Kier molecular flexibility index (Phi) is 5.12. The summed E-state index contributed by atoms with van der Waals surface area (Å²) in [6, 6.07) is 1.55. The Balaban J connectivity index is 1.89. The second-order valence-electron chi connectivity index (χ2n) is 4.24. The normalized spacial score (nSPS) is 16.3. The molecule has 0 radical (unpaired) electrons. The van der Waals surface area contributed by atoms with Gasteiger partial charge in [-0.25, -0.2) is 9.78 Å². The van der Waals surface area contributed by atoms with Gasteiger partial charge in [0.15, 0.2) is 0 Å². The van der Waals surface area contributed by atoms with Crippen LogP contribution in [0.3, 0.4) is 0 Å². The Morgan fingerprint density at radius 2 is 2.26 bits per heavy atom. The molecule has 2 heterocycles. The van der Waals surface area contributed by atoms with Crippen molar-refractivity contribution in [3.05, 3.63) is 22.3 Å². The number of anilines is 1. The van der Waals surface area contributed by atoms with Crippen LogP contribution < -0.4 is 5.32 Å². The van der Waals surface area contributed by atoms with E-state index in [0.717, 1.165) is 32.8 Å². The topological polar surface area (TPSA) is 74.7 Å².